The summed E-state index contributed by atoms with van der Waals surface area (Å²) in [4.78, 5) is 12.4. The Balaban J connectivity index is 1.64. The van der Waals surface area contributed by atoms with Crippen LogP contribution < -0.4 is 20.1 Å². The maximum Gasteiger partial charge on any atom is 0.315 e. The SMILES string of the molecule is CC1(C)C[C@@H](NC(=O)NCc2ccc(NS(C)(=O)=O)c(F)c2)c2ccc(Cl)cc2O1. The molecule has 2 aromatic rings. The van der Waals surface area contributed by atoms with Crippen molar-refractivity contribution in [2.45, 2.75) is 38.5 Å². The number of anilines is 1. The van der Waals surface area contributed by atoms with Crippen LogP contribution in [0.25, 0.3) is 0 Å². The number of amides is 2. The summed E-state index contributed by atoms with van der Waals surface area (Å²) in [5.41, 5.74) is 0.684. The molecular weight excluding hydrogens is 433 g/mol. The maximum atomic E-state index is 14.1. The van der Waals surface area contributed by atoms with Crippen LogP contribution in [0.5, 0.6) is 5.75 Å². The molecule has 0 saturated heterocycles. The minimum Gasteiger partial charge on any atom is -0.487 e. The highest BCUT2D eigenvalue weighted by Gasteiger charge is 2.34. The molecule has 0 unspecified atom stereocenters. The third kappa shape index (κ3) is 5.76. The quantitative estimate of drug-likeness (QED) is 0.636. The van der Waals surface area contributed by atoms with Gasteiger partial charge in [-0.2, -0.15) is 0 Å². The van der Waals surface area contributed by atoms with Gasteiger partial charge >= 0.3 is 6.03 Å². The molecule has 1 heterocycles. The lowest BCUT2D eigenvalue weighted by molar-refractivity contribution is 0.0679. The summed E-state index contributed by atoms with van der Waals surface area (Å²) in [7, 11) is -3.58. The summed E-state index contributed by atoms with van der Waals surface area (Å²) >= 11 is 6.05. The van der Waals surface area contributed by atoms with Gasteiger partial charge in [0.05, 0.1) is 18.0 Å². The Hall–Kier alpha value is -2.52. The summed E-state index contributed by atoms with van der Waals surface area (Å²) in [5.74, 6) is -0.0998. The average Bonchev–Trinajstić information content (AvgIpc) is 2.59. The molecule has 1 aliphatic rings. The molecule has 2 aromatic carbocycles. The summed E-state index contributed by atoms with van der Waals surface area (Å²) in [5, 5.41) is 6.15. The second-order valence-electron chi connectivity index (χ2n) is 7.82. The van der Waals surface area contributed by atoms with Crippen molar-refractivity contribution in [1.82, 2.24) is 10.6 Å². The standard InChI is InChI=1S/C20H23ClFN3O4S/c1-20(2)10-17(14-6-5-13(21)9-18(14)29-20)24-19(26)23-11-12-4-7-16(15(22)8-12)25-30(3,27)28/h4-9,17,25H,10-11H2,1-3H3,(H2,23,24,26)/t17-/m1/s1. The molecule has 7 nitrogen and oxygen atoms in total. The smallest absolute Gasteiger partial charge is 0.315 e. The molecule has 162 valence electrons. The van der Waals surface area contributed by atoms with Crippen LogP contribution in [-0.2, 0) is 16.6 Å². The lowest BCUT2D eigenvalue weighted by Gasteiger charge is -2.38. The number of carbonyl (C=O) groups excluding carboxylic acids is 1. The van der Waals surface area contributed by atoms with E-state index in [0.29, 0.717) is 22.8 Å². The van der Waals surface area contributed by atoms with Crippen molar-refractivity contribution in [3.05, 3.63) is 58.4 Å². The topological polar surface area (TPSA) is 96.5 Å². The van der Waals surface area contributed by atoms with E-state index >= 15 is 0 Å². The van der Waals surface area contributed by atoms with Crippen molar-refractivity contribution in [2.24, 2.45) is 0 Å². The minimum atomic E-state index is -3.58. The summed E-state index contributed by atoms with van der Waals surface area (Å²) in [6.07, 6.45) is 1.51. The Morgan fingerprint density at radius 1 is 1.27 bits per heavy atom. The normalized spacial score (nSPS) is 17.4. The summed E-state index contributed by atoms with van der Waals surface area (Å²) in [6, 6.07) is 8.60. The molecule has 2 amide bonds. The number of benzene rings is 2. The van der Waals surface area contributed by atoms with Crippen LogP contribution >= 0.6 is 11.6 Å². The number of rotatable bonds is 5. The van der Waals surface area contributed by atoms with E-state index < -0.39 is 27.5 Å². The highest BCUT2D eigenvalue weighted by molar-refractivity contribution is 7.92. The molecule has 3 rings (SSSR count). The van der Waals surface area contributed by atoms with Crippen molar-refractivity contribution in [2.75, 3.05) is 11.0 Å². The number of halogens is 2. The maximum absolute atomic E-state index is 14.1. The lowest BCUT2D eigenvalue weighted by Crippen LogP contribution is -2.44. The van der Waals surface area contributed by atoms with Gasteiger partial charge in [0.2, 0.25) is 10.0 Å². The minimum absolute atomic E-state index is 0.0714. The average molecular weight is 456 g/mol. The highest BCUT2D eigenvalue weighted by Crippen LogP contribution is 2.40. The zero-order valence-electron chi connectivity index (χ0n) is 16.8. The molecule has 1 aliphatic heterocycles. The first-order chi connectivity index (χ1) is 13.9. The van der Waals surface area contributed by atoms with Gasteiger partial charge in [-0.25, -0.2) is 17.6 Å². The Kier molecular flexibility index (Phi) is 6.14. The molecule has 30 heavy (non-hydrogen) atoms. The van der Waals surface area contributed by atoms with Gasteiger partial charge in [-0.1, -0.05) is 23.7 Å². The first kappa shape index (κ1) is 22.2. The number of urea groups is 1. The van der Waals surface area contributed by atoms with E-state index in [1.54, 1.807) is 12.1 Å². The molecule has 0 aliphatic carbocycles. The Morgan fingerprint density at radius 3 is 2.67 bits per heavy atom. The van der Waals surface area contributed by atoms with Crippen molar-refractivity contribution < 1.29 is 22.3 Å². The predicted octanol–water partition coefficient (Wildman–Crippen LogP) is 3.95. The van der Waals surface area contributed by atoms with Crippen LogP contribution in [0.2, 0.25) is 5.02 Å². The van der Waals surface area contributed by atoms with E-state index in [9.17, 15) is 17.6 Å². The zero-order valence-corrected chi connectivity index (χ0v) is 18.3. The molecule has 0 aromatic heterocycles. The molecule has 0 spiro atoms. The third-order valence-electron chi connectivity index (χ3n) is 4.52. The van der Waals surface area contributed by atoms with E-state index in [4.69, 9.17) is 16.3 Å². The molecule has 10 heteroatoms. The second-order valence-corrected chi connectivity index (χ2v) is 10.0. The largest absolute Gasteiger partial charge is 0.487 e. The molecule has 0 fully saturated rings. The monoisotopic (exact) mass is 455 g/mol. The van der Waals surface area contributed by atoms with E-state index in [0.717, 1.165) is 11.8 Å². The molecule has 3 N–H and O–H groups in total. The molecule has 1 atom stereocenters. The van der Waals surface area contributed by atoms with Gasteiger partial charge in [-0.05, 0) is 43.7 Å². The molecule has 0 saturated carbocycles. The first-order valence-electron chi connectivity index (χ1n) is 9.21. The summed E-state index contributed by atoms with van der Waals surface area (Å²) < 4.78 is 44.6. The third-order valence-corrected chi connectivity index (χ3v) is 5.35. The van der Waals surface area contributed by atoms with Crippen LogP contribution in [0.1, 0.15) is 37.4 Å². The highest BCUT2D eigenvalue weighted by atomic mass is 35.5. The second kappa shape index (κ2) is 8.31. The fraction of sp³-hybridized carbons (Fsp3) is 0.350. The van der Waals surface area contributed by atoms with Crippen LogP contribution in [0.4, 0.5) is 14.9 Å². The van der Waals surface area contributed by atoms with Gasteiger partial charge in [0.15, 0.2) is 0 Å². The van der Waals surface area contributed by atoms with Gasteiger partial charge in [0.25, 0.3) is 0 Å². The van der Waals surface area contributed by atoms with Gasteiger partial charge < -0.3 is 15.4 Å². The Bertz CT molecular complexity index is 1080. The van der Waals surface area contributed by atoms with Crippen LogP contribution in [-0.4, -0.2) is 26.3 Å². The predicted molar refractivity (Wildman–Crippen MR) is 114 cm³/mol. The number of hydrogen-bond acceptors (Lipinski definition) is 4. The Morgan fingerprint density at radius 2 is 2.00 bits per heavy atom. The van der Waals surface area contributed by atoms with Gasteiger partial charge in [0, 0.05) is 23.6 Å². The van der Waals surface area contributed by atoms with Crippen LogP contribution in [0, 0.1) is 5.82 Å². The number of fused-ring (bicyclic) bond motifs is 1. The molecule has 0 bridgehead atoms. The lowest BCUT2D eigenvalue weighted by atomic mass is 9.90. The van der Waals surface area contributed by atoms with Gasteiger partial charge in [0.1, 0.15) is 17.2 Å². The van der Waals surface area contributed by atoms with Gasteiger partial charge in [-0.15, -0.1) is 0 Å². The van der Waals surface area contributed by atoms with Crippen molar-refractivity contribution in [3.63, 3.8) is 0 Å². The molecular formula is C20H23ClFN3O4S. The van der Waals surface area contributed by atoms with Crippen LogP contribution in [0.15, 0.2) is 36.4 Å². The van der Waals surface area contributed by atoms with E-state index in [-0.39, 0.29) is 18.3 Å². The number of sulfonamides is 1. The fourth-order valence-electron chi connectivity index (χ4n) is 3.30. The number of carbonyl (C=O) groups is 1. The first-order valence-corrected chi connectivity index (χ1v) is 11.5. The van der Waals surface area contributed by atoms with E-state index in [1.807, 2.05) is 19.9 Å². The van der Waals surface area contributed by atoms with Gasteiger partial charge in [-0.3, -0.25) is 4.72 Å². The van der Waals surface area contributed by atoms with E-state index in [2.05, 4.69) is 15.4 Å². The summed E-state index contributed by atoms with van der Waals surface area (Å²) in [6.45, 7) is 3.93. The van der Waals surface area contributed by atoms with Crippen LogP contribution in [0.3, 0.4) is 0 Å². The Labute approximate surface area is 180 Å². The number of hydrogen-bond donors (Lipinski definition) is 3. The fourth-order valence-corrected chi connectivity index (χ4v) is 4.02. The van der Waals surface area contributed by atoms with Crippen molar-refractivity contribution in [1.29, 1.82) is 0 Å². The van der Waals surface area contributed by atoms with E-state index in [1.165, 1.54) is 18.2 Å². The number of nitrogens with one attached hydrogen (secondary N) is 3. The number of ether oxygens (including phenoxy) is 1. The van der Waals surface area contributed by atoms with Crippen molar-refractivity contribution in [3.8, 4) is 5.75 Å². The zero-order chi connectivity index (χ0) is 22.1. The van der Waals surface area contributed by atoms with Crippen molar-refractivity contribution >= 4 is 33.3 Å². The molecule has 0 radical (unpaired) electrons.